The molecule has 0 aliphatic heterocycles. The standard InChI is InChI=1S/C9H9N3O2/c10-9-4-11-6-12(9)5-7(13)8-2-1-3-14-8/h1-4,6H,5,10H2. The molecule has 0 atom stereocenters. The zero-order valence-electron chi connectivity index (χ0n) is 7.38. The average Bonchev–Trinajstić information content (AvgIpc) is 2.77. The minimum Gasteiger partial charge on any atom is -0.461 e. The number of anilines is 1. The Labute approximate surface area is 80.2 Å². The van der Waals surface area contributed by atoms with Gasteiger partial charge in [-0.3, -0.25) is 4.79 Å². The largest absolute Gasteiger partial charge is 0.461 e. The van der Waals surface area contributed by atoms with Gasteiger partial charge in [0.1, 0.15) is 5.82 Å². The van der Waals surface area contributed by atoms with Crippen LogP contribution in [-0.4, -0.2) is 15.3 Å². The van der Waals surface area contributed by atoms with Crippen LogP contribution in [0, 0.1) is 0 Å². The summed E-state index contributed by atoms with van der Waals surface area (Å²) >= 11 is 0. The summed E-state index contributed by atoms with van der Waals surface area (Å²) < 4.78 is 6.52. The molecular formula is C9H9N3O2. The van der Waals surface area contributed by atoms with E-state index in [2.05, 4.69) is 4.98 Å². The SMILES string of the molecule is Nc1cncn1CC(=O)c1ccco1. The van der Waals surface area contributed by atoms with Crippen molar-refractivity contribution in [3.8, 4) is 0 Å². The molecule has 5 nitrogen and oxygen atoms in total. The first-order chi connectivity index (χ1) is 6.77. The quantitative estimate of drug-likeness (QED) is 0.732. The molecule has 2 aromatic rings. The molecule has 0 radical (unpaired) electrons. The second-order valence-corrected chi connectivity index (χ2v) is 2.85. The van der Waals surface area contributed by atoms with Crippen LogP contribution >= 0.6 is 0 Å². The maximum atomic E-state index is 11.5. The summed E-state index contributed by atoms with van der Waals surface area (Å²) in [5.74, 6) is 0.669. The topological polar surface area (TPSA) is 74.0 Å². The van der Waals surface area contributed by atoms with Crippen molar-refractivity contribution in [3.63, 3.8) is 0 Å². The highest BCUT2D eigenvalue weighted by molar-refractivity contribution is 5.93. The van der Waals surface area contributed by atoms with E-state index in [4.69, 9.17) is 10.2 Å². The Hall–Kier alpha value is -2.04. The smallest absolute Gasteiger partial charge is 0.217 e. The van der Waals surface area contributed by atoms with E-state index >= 15 is 0 Å². The Morgan fingerprint density at radius 3 is 3.07 bits per heavy atom. The Morgan fingerprint density at radius 1 is 1.64 bits per heavy atom. The van der Waals surface area contributed by atoms with Crippen molar-refractivity contribution < 1.29 is 9.21 Å². The van der Waals surface area contributed by atoms with Gasteiger partial charge in [0, 0.05) is 0 Å². The van der Waals surface area contributed by atoms with Crippen molar-refractivity contribution in [3.05, 3.63) is 36.7 Å². The van der Waals surface area contributed by atoms with Gasteiger partial charge in [-0.25, -0.2) is 4.98 Å². The van der Waals surface area contributed by atoms with Crippen LogP contribution in [-0.2, 0) is 6.54 Å². The molecule has 0 aliphatic carbocycles. The third-order valence-corrected chi connectivity index (χ3v) is 1.85. The van der Waals surface area contributed by atoms with Crippen LogP contribution in [0.5, 0.6) is 0 Å². The summed E-state index contributed by atoms with van der Waals surface area (Å²) in [4.78, 5) is 15.3. The Balaban J connectivity index is 2.13. The Morgan fingerprint density at radius 2 is 2.50 bits per heavy atom. The third-order valence-electron chi connectivity index (χ3n) is 1.85. The molecule has 2 N–H and O–H groups in total. The molecule has 0 saturated carbocycles. The fraction of sp³-hybridized carbons (Fsp3) is 0.111. The molecule has 0 saturated heterocycles. The van der Waals surface area contributed by atoms with Crippen molar-refractivity contribution in [1.29, 1.82) is 0 Å². The monoisotopic (exact) mass is 191 g/mol. The molecule has 2 rings (SSSR count). The maximum Gasteiger partial charge on any atom is 0.217 e. The maximum absolute atomic E-state index is 11.5. The Bertz CT molecular complexity index is 431. The van der Waals surface area contributed by atoms with E-state index in [1.165, 1.54) is 18.8 Å². The zero-order valence-corrected chi connectivity index (χ0v) is 7.38. The molecule has 5 heteroatoms. The van der Waals surface area contributed by atoms with Crippen LogP contribution in [0.3, 0.4) is 0 Å². The first-order valence-electron chi connectivity index (χ1n) is 4.09. The first kappa shape index (κ1) is 8.55. The molecule has 14 heavy (non-hydrogen) atoms. The van der Waals surface area contributed by atoms with Crippen LogP contribution in [0.15, 0.2) is 35.3 Å². The fourth-order valence-corrected chi connectivity index (χ4v) is 1.13. The number of rotatable bonds is 3. The molecule has 0 unspecified atom stereocenters. The summed E-state index contributed by atoms with van der Waals surface area (Å²) in [6.07, 6.45) is 4.47. The summed E-state index contributed by atoms with van der Waals surface area (Å²) in [5, 5.41) is 0. The van der Waals surface area contributed by atoms with Crippen LogP contribution in [0.4, 0.5) is 5.82 Å². The lowest BCUT2D eigenvalue weighted by molar-refractivity contribution is 0.0945. The van der Waals surface area contributed by atoms with Crippen molar-refractivity contribution in [2.45, 2.75) is 6.54 Å². The fourth-order valence-electron chi connectivity index (χ4n) is 1.13. The lowest BCUT2D eigenvalue weighted by atomic mass is 10.3. The van der Waals surface area contributed by atoms with E-state index < -0.39 is 0 Å². The van der Waals surface area contributed by atoms with Gasteiger partial charge in [-0.2, -0.15) is 0 Å². The number of hydrogen-bond donors (Lipinski definition) is 1. The molecule has 0 bridgehead atoms. The highest BCUT2D eigenvalue weighted by Crippen LogP contribution is 2.06. The third kappa shape index (κ3) is 1.52. The molecule has 0 spiro atoms. The number of carbonyl (C=O) groups is 1. The summed E-state index contributed by atoms with van der Waals surface area (Å²) in [6, 6.07) is 3.29. The summed E-state index contributed by atoms with van der Waals surface area (Å²) in [7, 11) is 0. The number of hydrogen-bond acceptors (Lipinski definition) is 4. The van der Waals surface area contributed by atoms with Gasteiger partial charge in [-0.05, 0) is 12.1 Å². The van der Waals surface area contributed by atoms with Gasteiger partial charge in [0.2, 0.25) is 5.78 Å². The van der Waals surface area contributed by atoms with Gasteiger partial charge >= 0.3 is 0 Å². The van der Waals surface area contributed by atoms with Gasteiger partial charge in [0.25, 0.3) is 0 Å². The lowest BCUT2D eigenvalue weighted by Gasteiger charge is -2.01. The number of ketones is 1. The van der Waals surface area contributed by atoms with E-state index in [-0.39, 0.29) is 12.3 Å². The average molecular weight is 191 g/mol. The van der Waals surface area contributed by atoms with Crippen molar-refractivity contribution in [2.75, 3.05) is 5.73 Å². The minimum absolute atomic E-state index is 0.125. The molecule has 72 valence electrons. The molecule has 2 aromatic heterocycles. The van der Waals surface area contributed by atoms with E-state index in [1.54, 1.807) is 16.7 Å². The zero-order chi connectivity index (χ0) is 9.97. The number of nitrogen functional groups attached to an aromatic ring is 1. The van der Waals surface area contributed by atoms with Gasteiger partial charge < -0.3 is 14.7 Å². The highest BCUT2D eigenvalue weighted by Gasteiger charge is 2.10. The summed E-state index contributed by atoms with van der Waals surface area (Å²) in [5.41, 5.74) is 5.56. The van der Waals surface area contributed by atoms with Crippen LogP contribution in [0.25, 0.3) is 0 Å². The summed E-state index contributed by atoms with van der Waals surface area (Å²) in [6.45, 7) is 0.152. The van der Waals surface area contributed by atoms with Gasteiger partial charge in [0.05, 0.1) is 25.3 Å². The predicted octanol–water partition coefficient (Wildman–Crippen LogP) is 0.941. The molecule has 0 aromatic carbocycles. The number of Topliss-reactive ketones (excluding diaryl/α,β-unsaturated/α-hetero) is 1. The molecule has 2 heterocycles. The highest BCUT2D eigenvalue weighted by atomic mass is 16.3. The minimum atomic E-state index is -0.125. The lowest BCUT2D eigenvalue weighted by Crippen LogP contribution is -2.10. The second-order valence-electron chi connectivity index (χ2n) is 2.85. The molecule has 0 aliphatic rings. The van der Waals surface area contributed by atoms with Gasteiger partial charge in [-0.15, -0.1) is 0 Å². The second kappa shape index (κ2) is 3.37. The number of furan rings is 1. The van der Waals surface area contributed by atoms with Crippen molar-refractivity contribution in [1.82, 2.24) is 9.55 Å². The van der Waals surface area contributed by atoms with Crippen molar-refractivity contribution in [2.24, 2.45) is 0 Å². The van der Waals surface area contributed by atoms with Crippen molar-refractivity contribution >= 4 is 11.6 Å². The number of nitrogens with zero attached hydrogens (tertiary/aromatic N) is 2. The number of nitrogens with two attached hydrogens (primary N) is 1. The van der Waals surface area contributed by atoms with E-state index in [0.717, 1.165) is 0 Å². The van der Waals surface area contributed by atoms with Gasteiger partial charge in [-0.1, -0.05) is 0 Å². The normalized spacial score (nSPS) is 10.3. The van der Waals surface area contributed by atoms with Crippen LogP contribution in [0.1, 0.15) is 10.6 Å². The van der Waals surface area contributed by atoms with Crippen LogP contribution in [0.2, 0.25) is 0 Å². The molecular weight excluding hydrogens is 182 g/mol. The molecule has 0 fully saturated rings. The van der Waals surface area contributed by atoms with E-state index in [9.17, 15) is 4.79 Å². The van der Waals surface area contributed by atoms with Crippen LogP contribution < -0.4 is 5.73 Å². The molecule has 0 amide bonds. The predicted molar refractivity (Wildman–Crippen MR) is 49.7 cm³/mol. The number of carbonyl (C=O) groups excluding carboxylic acids is 1. The van der Waals surface area contributed by atoms with E-state index in [0.29, 0.717) is 11.6 Å². The van der Waals surface area contributed by atoms with Gasteiger partial charge in [0.15, 0.2) is 5.76 Å². The first-order valence-corrected chi connectivity index (χ1v) is 4.09. The number of imidazole rings is 1. The Kier molecular flexibility index (Phi) is 2.06. The number of aromatic nitrogens is 2. The van der Waals surface area contributed by atoms with E-state index in [1.807, 2.05) is 0 Å².